The van der Waals surface area contributed by atoms with Gasteiger partial charge in [0.2, 0.25) is 0 Å². The molecular formula is C11H20INO. The number of carbonyl (C=O) groups excluding carboxylic acids is 1. The number of alkyl halides is 1. The minimum atomic E-state index is 0.426. The van der Waals surface area contributed by atoms with Crippen molar-refractivity contribution >= 4 is 28.4 Å². The van der Waals surface area contributed by atoms with E-state index in [0.717, 1.165) is 32.4 Å². The molecule has 2 nitrogen and oxygen atoms in total. The Morgan fingerprint density at radius 1 is 1.36 bits per heavy atom. The molecule has 82 valence electrons. The molecule has 0 N–H and O–H groups in total. The van der Waals surface area contributed by atoms with Gasteiger partial charge in [0, 0.05) is 18.9 Å². The first kappa shape index (κ1) is 12.4. The van der Waals surface area contributed by atoms with Crippen LogP contribution in [0.3, 0.4) is 0 Å². The van der Waals surface area contributed by atoms with E-state index in [9.17, 15) is 4.79 Å². The lowest BCUT2D eigenvalue weighted by Crippen LogP contribution is -2.43. The minimum Gasteiger partial charge on any atom is -0.306 e. The molecule has 0 bridgehead atoms. The maximum absolute atomic E-state index is 11.5. The lowest BCUT2D eigenvalue weighted by molar-refractivity contribution is -0.128. The zero-order valence-electron chi connectivity index (χ0n) is 9.13. The molecule has 1 aliphatic carbocycles. The van der Waals surface area contributed by atoms with Gasteiger partial charge in [0.05, 0.1) is 0 Å². The summed E-state index contributed by atoms with van der Waals surface area (Å²) in [5, 5.41) is 0. The maximum Gasteiger partial charge on any atom is 0.136 e. The zero-order valence-corrected chi connectivity index (χ0v) is 11.3. The lowest BCUT2D eigenvalue weighted by atomic mass is 9.74. The number of likely N-dealkylation sites (tertiary alicyclic amines) is 1. The van der Waals surface area contributed by atoms with Gasteiger partial charge in [0.1, 0.15) is 5.78 Å². The first-order valence-electron chi connectivity index (χ1n) is 5.36. The molecule has 3 heteroatoms. The monoisotopic (exact) mass is 309 g/mol. The van der Waals surface area contributed by atoms with E-state index in [0.29, 0.717) is 17.6 Å². The highest BCUT2D eigenvalue weighted by Crippen LogP contribution is 2.33. The van der Waals surface area contributed by atoms with Crippen LogP contribution in [0, 0.1) is 11.8 Å². The predicted octanol–water partition coefficient (Wildman–Crippen LogP) is 2.36. The van der Waals surface area contributed by atoms with E-state index in [-0.39, 0.29) is 0 Å². The van der Waals surface area contributed by atoms with Crippen molar-refractivity contribution in [2.45, 2.75) is 25.7 Å². The van der Waals surface area contributed by atoms with Crippen LogP contribution in [0.2, 0.25) is 0 Å². The summed E-state index contributed by atoms with van der Waals surface area (Å²) >= 11 is 2.15. The van der Waals surface area contributed by atoms with Gasteiger partial charge in [-0.25, -0.2) is 0 Å². The van der Waals surface area contributed by atoms with Gasteiger partial charge in [0.15, 0.2) is 0 Å². The Balaban J connectivity index is 0.000000461. The van der Waals surface area contributed by atoms with Crippen LogP contribution in [0.25, 0.3) is 0 Å². The first-order valence-corrected chi connectivity index (χ1v) is 7.52. The number of carbonyl (C=O) groups is 1. The Kier molecular flexibility index (Phi) is 5.38. The summed E-state index contributed by atoms with van der Waals surface area (Å²) in [7, 11) is 2.16. The molecule has 0 amide bonds. The van der Waals surface area contributed by atoms with Crippen molar-refractivity contribution in [3.05, 3.63) is 0 Å². The van der Waals surface area contributed by atoms with Crippen LogP contribution in [0.4, 0.5) is 0 Å². The third kappa shape index (κ3) is 2.92. The Morgan fingerprint density at radius 2 is 2.07 bits per heavy atom. The van der Waals surface area contributed by atoms with E-state index in [1.165, 1.54) is 6.42 Å². The molecule has 1 saturated carbocycles. The molecule has 0 unspecified atom stereocenters. The third-order valence-electron chi connectivity index (χ3n) is 3.35. The van der Waals surface area contributed by atoms with E-state index in [1.54, 1.807) is 0 Å². The molecule has 2 atom stereocenters. The van der Waals surface area contributed by atoms with Crippen molar-refractivity contribution in [2.24, 2.45) is 11.8 Å². The van der Waals surface area contributed by atoms with Gasteiger partial charge >= 0.3 is 0 Å². The van der Waals surface area contributed by atoms with E-state index in [4.69, 9.17) is 0 Å². The summed E-state index contributed by atoms with van der Waals surface area (Å²) in [5.74, 6) is 1.65. The van der Waals surface area contributed by atoms with Crippen molar-refractivity contribution in [1.82, 2.24) is 4.90 Å². The molecular weight excluding hydrogens is 289 g/mol. The van der Waals surface area contributed by atoms with Gasteiger partial charge in [0.25, 0.3) is 0 Å². The van der Waals surface area contributed by atoms with E-state index < -0.39 is 0 Å². The van der Waals surface area contributed by atoms with Crippen molar-refractivity contribution < 1.29 is 4.79 Å². The number of Topliss-reactive ketones (excluding diaryl/α,β-unsaturated/α-hetero) is 1. The van der Waals surface area contributed by atoms with Crippen LogP contribution < -0.4 is 0 Å². The second kappa shape index (κ2) is 6.05. The summed E-state index contributed by atoms with van der Waals surface area (Å²) < 4.78 is 0. The molecule has 2 fully saturated rings. The molecule has 0 spiro atoms. The summed E-state index contributed by atoms with van der Waals surface area (Å²) in [4.78, 5) is 15.8. The second-order valence-electron chi connectivity index (χ2n) is 4.28. The fourth-order valence-electron chi connectivity index (χ4n) is 2.65. The Hall–Kier alpha value is 0.360. The summed E-state index contributed by atoms with van der Waals surface area (Å²) in [6.07, 6.45) is 4.37. The predicted molar refractivity (Wildman–Crippen MR) is 67.9 cm³/mol. The fraction of sp³-hybridized carbons (Fsp3) is 0.909. The average Bonchev–Trinajstić information content (AvgIpc) is 2.21. The van der Waals surface area contributed by atoms with E-state index >= 15 is 0 Å². The maximum atomic E-state index is 11.5. The Bertz CT molecular complexity index is 196. The van der Waals surface area contributed by atoms with Gasteiger partial charge < -0.3 is 4.90 Å². The number of hydrogen-bond donors (Lipinski definition) is 0. The Labute approximate surface area is 101 Å². The molecule has 2 rings (SSSR count). The van der Waals surface area contributed by atoms with Crippen LogP contribution in [-0.4, -0.2) is 35.8 Å². The third-order valence-corrected chi connectivity index (χ3v) is 3.35. The number of rotatable bonds is 0. The SMILES string of the molecule is CI.CN1CC[C@H]2C(=O)CCC[C@@H]2C1. The number of halogens is 1. The van der Waals surface area contributed by atoms with Crippen LogP contribution >= 0.6 is 22.6 Å². The van der Waals surface area contributed by atoms with Crippen molar-refractivity contribution in [3.8, 4) is 0 Å². The van der Waals surface area contributed by atoms with Gasteiger partial charge in [-0.15, -0.1) is 0 Å². The molecule has 0 aromatic rings. The quantitative estimate of drug-likeness (QED) is 0.506. The van der Waals surface area contributed by atoms with Crippen LogP contribution in [0.15, 0.2) is 0 Å². The van der Waals surface area contributed by atoms with Crippen molar-refractivity contribution in [3.63, 3.8) is 0 Å². The van der Waals surface area contributed by atoms with Gasteiger partial charge in [-0.05, 0) is 43.7 Å². The Morgan fingerprint density at radius 3 is 2.79 bits per heavy atom. The lowest BCUT2D eigenvalue weighted by Gasteiger charge is -2.38. The highest BCUT2D eigenvalue weighted by Gasteiger charge is 2.34. The minimum absolute atomic E-state index is 0.426. The zero-order chi connectivity index (χ0) is 10.6. The molecule has 1 heterocycles. The molecule has 0 radical (unpaired) electrons. The summed E-state index contributed by atoms with van der Waals surface area (Å²) in [6.45, 7) is 2.27. The number of fused-ring (bicyclic) bond motifs is 1. The summed E-state index contributed by atoms with van der Waals surface area (Å²) in [5.41, 5.74) is 0. The first-order chi connectivity index (χ1) is 6.77. The van der Waals surface area contributed by atoms with Crippen molar-refractivity contribution in [1.29, 1.82) is 0 Å². The highest BCUT2D eigenvalue weighted by atomic mass is 127. The molecule has 14 heavy (non-hydrogen) atoms. The van der Waals surface area contributed by atoms with Crippen LogP contribution in [0.1, 0.15) is 25.7 Å². The van der Waals surface area contributed by atoms with Gasteiger partial charge in [-0.3, -0.25) is 4.79 Å². The fourth-order valence-corrected chi connectivity index (χ4v) is 2.65. The molecule has 0 aromatic carbocycles. The van der Waals surface area contributed by atoms with Crippen LogP contribution in [0.5, 0.6) is 0 Å². The second-order valence-corrected chi connectivity index (χ2v) is 4.28. The van der Waals surface area contributed by atoms with Gasteiger partial charge in [-0.2, -0.15) is 0 Å². The van der Waals surface area contributed by atoms with Crippen LogP contribution in [-0.2, 0) is 4.79 Å². The van der Waals surface area contributed by atoms with Crippen molar-refractivity contribution in [2.75, 3.05) is 25.1 Å². The largest absolute Gasteiger partial charge is 0.306 e. The number of hydrogen-bond acceptors (Lipinski definition) is 2. The molecule has 1 saturated heterocycles. The standard InChI is InChI=1S/C10H17NO.CH3I/c1-11-6-5-9-8(7-11)3-2-4-10(9)12;1-2/h8-9H,2-7H2,1H3;1H3/t8-,9-;/m1./s1. The molecule has 2 aliphatic rings. The van der Waals surface area contributed by atoms with E-state index in [1.807, 2.05) is 4.93 Å². The van der Waals surface area contributed by atoms with Gasteiger partial charge in [-0.1, -0.05) is 22.6 Å². The topological polar surface area (TPSA) is 20.3 Å². The number of piperidine rings is 1. The number of ketones is 1. The number of nitrogens with zero attached hydrogens (tertiary/aromatic N) is 1. The molecule has 0 aromatic heterocycles. The molecule has 1 aliphatic heterocycles. The van der Waals surface area contributed by atoms with E-state index in [2.05, 4.69) is 34.5 Å². The highest BCUT2D eigenvalue weighted by molar-refractivity contribution is 14.1. The summed E-state index contributed by atoms with van der Waals surface area (Å²) in [6, 6.07) is 0. The smallest absolute Gasteiger partial charge is 0.136 e. The normalized spacial score (nSPS) is 32.9. The average molecular weight is 309 g/mol.